The van der Waals surface area contributed by atoms with Crippen LogP contribution in [0.2, 0.25) is 5.02 Å². The van der Waals surface area contributed by atoms with Gasteiger partial charge in [0.25, 0.3) is 0 Å². The zero-order chi connectivity index (χ0) is 10.9. The minimum atomic E-state index is -0.543. The van der Waals surface area contributed by atoms with E-state index in [1.165, 1.54) is 5.56 Å². The van der Waals surface area contributed by atoms with E-state index >= 15 is 0 Å². The third kappa shape index (κ3) is 1.78. The molecule has 1 aliphatic carbocycles. The summed E-state index contributed by atoms with van der Waals surface area (Å²) in [6, 6.07) is 5.83. The maximum absolute atomic E-state index is 9.51. The molecule has 1 aliphatic rings. The van der Waals surface area contributed by atoms with Gasteiger partial charge in [-0.2, -0.15) is 0 Å². The number of methoxy groups -OCH3 is 1. The Labute approximate surface area is 94.8 Å². The molecule has 0 radical (unpaired) electrons. The summed E-state index contributed by atoms with van der Waals surface area (Å²) in [5.74, 6) is 0. The number of aliphatic hydroxyl groups excluding tert-OH is 1. The highest BCUT2D eigenvalue weighted by molar-refractivity contribution is 6.30. The van der Waals surface area contributed by atoms with Gasteiger partial charge in [0.2, 0.25) is 0 Å². The van der Waals surface area contributed by atoms with Gasteiger partial charge in [0, 0.05) is 12.1 Å². The van der Waals surface area contributed by atoms with E-state index in [1.807, 2.05) is 18.2 Å². The molecule has 1 aromatic carbocycles. The highest BCUT2D eigenvalue weighted by Crippen LogP contribution is 2.38. The average molecular weight is 227 g/mol. The van der Waals surface area contributed by atoms with Gasteiger partial charge >= 0.3 is 0 Å². The number of aryl methyl sites for hydroxylation is 1. The molecule has 2 rings (SSSR count). The van der Waals surface area contributed by atoms with Crippen molar-refractivity contribution < 1.29 is 9.84 Å². The Morgan fingerprint density at radius 2 is 2.33 bits per heavy atom. The minimum Gasteiger partial charge on any atom is -0.393 e. The van der Waals surface area contributed by atoms with Crippen LogP contribution in [0.1, 0.15) is 24.0 Å². The normalized spacial score (nSPS) is 25.0. The summed E-state index contributed by atoms with van der Waals surface area (Å²) >= 11 is 5.98. The Kier molecular flexibility index (Phi) is 3.01. The van der Waals surface area contributed by atoms with Crippen LogP contribution < -0.4 is 0 Å². The molecule has 2 nitrogen and oxygen atoms in total. The summed E-state index contributed by atoms with van der Waals surface area (Å²) in [6.45, 7) is 0.0108. The third-order valence-electron chi connectivity index (χ3n) is 3.24. The molecule has 0 aromatic heterocycles. The van der Waals surface area contributed by atoms with Crippen molar-refractivity contribution in [3.05, 3.63) is 34.3 Å². The first-order chi connectivity index (χ1) is 7.22. The molecule has 0 saturated carbocycles. The van der Waals surface area contributed by atoms with Crippen molar-refractivity contribution in [3.8, 4) is 0 Å². The van der Waals surface area contributed by atoms with Crippen LogP contribution in [0.4, 0.5) is 0 Å². The van der Waals surface area contributed by atoms with Gasteiger partial charge in [0.1, 0.15) is 5.60 Å². The summed E-state index contributed by atoms with van der Waals surface area (Å²) in [5.41, 5.74) is 1.74. The Hall–Kier alpha value is -0.570. The first-order valence-corrected chi connectivity index (χ1v) is 5.54. The number of rotatable bonds is 2. The number of halogens is 1. The van der Waals surface area contributed by atoms with Crippen molar-refractivity contribution >= 4 is 11.6 Å². The molecule has 0 heterocycles. The van der Waals surface area contributed by atoms with Crippen LogP contribution in [-0.4, -0.2) is 18.8 Å². The van der Waals surface area contributed by atoms with E-state index in [-0.39, 0.29) is 6.61 Å². The molecular formula is C12H15ClO2. The molecule has 0 bridgehead atoms. The summed E-state index contributed by atoms with van der Waals surface area (Å²) in [4.78, 5) is 0. The van der Waals surface area contributed by atoms with Gasteiger partial charge in [-0.15, -0.1) is 0 Å². The number of fused-ring (bicyclic) bond motifs is 1. The Bertz CT molecular complexity index is 359. The molecule has 15 heavy (non-hydrogen) atoms. The SMILES string of the molecule is COC1(CO)CCCc2ccc(Cl)cc21. The van der Waals surface area contributed by atoms with Crippen molar-refractivity contribution in [3.63, 3.8) is 0 Å². The van der Waals surface area contributed by atoms with E-state index in [9.17, 15) is 5.11 Å². The summed E-state index contributed by atoms with van der Waals surface area (Å²) in [5, 5.41) is 10.2. The fourth-order valence-electron chi connectivity index (χ4n) is 2.33. The largest absolute Gasteiger partial charge is 0.393 e. The minimum absolute atomic E-state index is 0.0108. The molecule has 3 heteroatoms. The predicted octanol–water partition coefficient (Wildman–Crippen LogP) is 2.51. The number of hydrogen-bond acceptors (Lipinski definition) is 2. The van der Waals surface area contributed by atoms with Crippen LogP contribution in [-0.2, 0) is 16.8 Å². The van der Waals surface area contributed by atoms with Crippen LogP contribution in [0.25, 0.3) is 0 Å². The smallest absolute Gasteiger partial charge is 0.116 e. The lowest BCUT2D eigenvalue weighted by Gasteiger charge is -2.36. The lowest BCUT2D eigenvalue weighted by Crippen LogP contribution is -2.36. The zero-order valence-corrected chi connectivity index (χ0v) is 9.55. The lowest BCUT2D eigenvalue weighted by atomic mass is 9.79. The summed E-state index contributed by atoms with van der Waals surface area (Å²) < 4.78 is 5.50. The molecule has 0 fully saturated rings. The molecule has 0 aliphatic heterocycles. The van der Waals surface area contributed by atoms with E-state index in [1.54, 1.807) is 7.11 Å². The third-order valence-corrected chi connectivity index (χ3v) is 3.47. The Morgan fingerprint density at radius 3 is 3.00 bits per heavy atom. The number of benzene rings is 1. The van der Waals surface area contributed by atoms with Crippen LogP contribution in [0.5, 0.6) is 0 Å². The molecule has 0 spiro atoms. The predicted molar refractivity (Wildman–Crippen MR) is 60.2 cm³/mol. The van der Waals surface area contributed by atoms with Gasteiger partial charge in [-0.3, -0.25) is 0 Å². The lowest BCUT2D eigenvalue weighted by molar-refractivity contribution is -0.0688. The summed E-state index contributed by atoms with van der Waals surface area (Å²) in [7, 11) is 1.65. The maximum atomic E-state index is 9.51. The topological polar surface area (TPSA) is 29.5 Å². The molecule has 1 unspecified atom stereocenters. The van der Waals surface area contributed by atoms with Crippen LogP contribution in [0.3, 0.4) is 0 Å². The van der Waals surface area contributed by atoms with E-state index in [0.29, 0.717) is 5.02 Å². The number of aliphatic hydroxyl groups is 1. The van der Waals surface area contributed by atoms with Gasteiger partial charge in [-0.25, -0.2) is 0 Å². The van der Waals surface area contributed by atoms with E-state index in [0.717, 1.165) is 24.8 Å². The van der Waals surface area contributed by atoms with E-state index < -0.39 is 5.60 Å². The monoisotopic (exact) mass is 226 g/mol. The second-order valence-corrected chi connectivity index (χ2v) is 4.45. The fourth-order valence-corrected chi connectivity index (χ4v) is 2.50. The Morgan fingerprint density at radius 1 is 1.53 bits per heavy atom. The molecule has 1 N–H and O–H groups in total. The van der Waals surface area contributed by atoms with E-state index in [2.05, 4.69) is 0 Å². The number of ether oxygens (including phenoxy) is 1. The average Bonchev–Trinajstić information content (AvgIpc) is 2.28. The molecule has 0 amide bonds. The van der Waals surface area contributed by atoms with Gasteiger partial charge in [-0.05, 0) is 42.5 Å². The van der Waals surface area contributed by atoms with Crippen LogP contribution in [0.15, 0.2) is 18.2 Å². The van der Waals surface area contributed by atoms with Gasteiger partial charge in [-0.1, -0.05) is 17.7 Å². The standard InChI is InChI=1S/C12H15ClO2/c1-15-12(8-14)6-2-3-9-4-5-10(13)7-11(9)12/h4-5,7,14H,2-3,6,8H2,1H3. The highest BCUT2D eigenvalue weighted by atomic mass is 35.5. The molecule has 1 aromatic rings. The zero-order valence-electron chi connectivity index (χ0n) is 8.79. The second kappa shape index (κ2) is 4.12. The molecule has 0 saturated heterocycles. The molecule has 1 atom stereocenters. The van der Waals surface area contributed by atoms with Crippen molar-refractivity contribution in [1.29, 1.82) is 0 Å². The van der Waals surface area contributed by atoms with Gasteiger partial charge in [0.05, 0.1) is 6.61 Å². The first-order valence-electron chi connectivity index (χ1n) is 5.17. The van der Waals surface area contributed by atoms with Gasteiger partial charge < -0.3 is 9.84 Å². The Balaban J connectivity index is 2.53. The van der Waals surface area contributed by atoms with Crippen molar-refractivity contribution in [2.45, 2.75) is 24.9 Å². The van der Waals surface area contributed by atoms with E-state index in [4.69, 9.17) is 16.3 Å². The van der Waals surface area contributed by atoms with Gasteiger partial charge in [0.15, 0.2) is 0 Å². The van der Waals surface area contributed by atoms with Crippen molar-refractivity contribution in [2.75, 3.05) is 13.7 Å². The fraction of sp³-hybridized carbons (Fsp3) is 0.500. The quantitative estimate of drug-likeness (QED) is 0.840. The van der Waals surface area contributed by atoms with Crippen molar-refractivity contribution in [1.82, 2.24) is 0 Å². The maximum Gasteiger partial charge on any atom is 0.116 e. The van der Waals surface area contributed by atoms with Crippen LogP contribution in [0, 0.1) is 0 Å². The first kappa shape index (κ1) is 10.9. The van der Waals surface area contributed by atoms with Crippen molar-refractivity contribution in [2.24, 2.45) is 0 Å². The number of hydrogen-bond donors (Lipinski definition) is 1. The highest BCUT2D eigenvalue weighted by Gasteiger charge is 2.36. The van der Waals surface area contributed by atoms with Crippen LogP contribution >= 0.6 is 11.6 Å². The molecule has 82 valence electrons. The second-order valence-electron chi connectivity index (χ2n) is 4.01. The molecular weight excluding hydrogens is 212 g/mol. The summed E-state index contributed by atoms with van der Waals surface area (Å²) in [6.07, 6.45) is 2.94.